The van der Waals surface area contributed by atoms with Crippen LogP contribution in [0.15, 0.2) is 0 Å². The van der Waals surface area contributed by atoms with Crippen LogP contribution in [0.3, 0.4) is 0 Å². The molecule has 0 aromatic rings. The van der Waals surface area contributed by atoms with Gasteiger partial charge in [-0.2, -0.15) is 0 Å². The summed E-state index contributed by atoms with van der Waals surface area (Å²) in [5, 5.41) is 0. The zero-order chi connectivity index (χ0) is 50.7. The lowest BCUT2D eigenvalue weighted by molar-refractivity contribution is -0.167. The Hall–Kier alpha value is -1.59. The fourth-order valence-corrected chi connectivity index (χ4v) is 10.0. The molecule has 0 saturated heterocycles. The zero-order valence-electron chi connectivity index (χ0n) is 47.8. The first kappa shape index (κ1) is 68.4. The van der Waals surface area contributed by atoms with Crippen LogP contribution >= 0.6 is 0 Å². The van der Waals surface area contributed by atoms with E-state index in [2.05, 4.69) is 20.8 Å². The zero-order valence-corrected chi connectivity index (χ0v) is 47.8. The molecule has 0 bridgehead atoms. The van der Waals surface area contributed by atoms with Gasteiger partial charge in [0.2, 0.25) is 0 Å². The van der Waals surface area contributed by atoms with Gasteiger partial charge >= 0.3 is 17.9 Å². The van der Waals surface area contributed by atoms with E-state index in [4.69, 9.17) is 14.2 Å². The largest absolute Gasteiger partial charge is 0.462 e. The SMILES string of the molecule is CCCCCCCCCCCCCCCCCCCCCCCCCCC(=O)OCC(COC(=O)CCCCCCCCCCCCCC)OC(=O)CCCCCCCCCCCCCCCCCC. The molecule has 6 heteroatoms. The van der Waals surface area contributed by atoms with Crippen molar-refractivity contribution >= 4 is 17.9 Å². The van der Waals surface area contributed by atoms with E-state index in [-0.39, 0.29) is 31.1 Å². The van der Waals surface area contributed by atoms with Crippen molar-refractivity contribution < 1.29 is 28.6 Å². The second kappa shape index (κ2) is 60.0. The molecule has 0 aliphatic heterocycles. The van der Waals surface area contributed by atoms with Crippen LogP contribution in [0.1, 0.15) is 374 Å². The van der Waals surface area contributed by atoms with Crippen LogP contribution in [0.2, 0.25) is 0 Å². The summed E-state index contributed by atoms with van der Waals surface area (Å²) in [5.74, 6) is -0.827. The Morgan fingerprint density at radius 3 is 0.571 bits per heavy atom. The summed E-state index contributed by atoms with van der Waals surface area (Å²) in [5.41, 5.74) is 0. The van der Waals surface area contributed by atoms with Gasteiger partial charge < -0.3 is 14.2 Å². The molecule has 0 spiro atoms. The van der Waals surface area contributed by atoms with Crippen LogP contribution in [0.4, 0.5) is 0 Å². The third-order valence-electron chi connectivity index (χ3n) is 14.9. The third-order valence-corrected chi connectivity index (χ3v) is 14.9. The Morgan fingerprint density at radius 2 is 0.386 bits per heavy atom. The maximum atomic E-state index is 12.9. The average molecular weight is 990 g/mol. The summed E-state index contributed by atoms with van der Waals surface area (Å²) in [6.07, 6.45) is 68.3. The molecule has 70 heavy (non-hydrogen) atoms. The van der Waals surface area contributed by atoms with Crippen molar-refractivity contribution in [1.29, 1.82) is 0 Å². The van der Waals surface area contributed by atoms with Gasteiger partial charge in [-0.25, -0.2) is 0 Å². The lowest BCUT2D eigenvalue weighted by Crippen LogP contribution is -2.30. The van der Waals surface area contributed by atoms with Crippen molar-refractivity contribution in [3.8, 4) is 0 Å². The molecule has 0 aliphatic carbocycles. The van der Waals surface area contributed by atoms with Gasteiger partial charge in [0.15, 0.2) is 6.10 Å². The molecule has 0 saturated carbocycles. The highest BCUT2D eigenvalue weighted by atomic mass is 16.6. The van der Waals surface area contributed by atoms with Crippen molar-refractivity contribution in [1.82, 2.24) is 0 Å². The van der Waals surface area contributed by atoms with Gasteiger partial charge in [0.05, 0.1) is 0 Å². The minimum atomic E-state index is -0.761. The highest BCUT2D eigenvalue weighted by Gasteiger charge is 2.19. The second-order valence-corrected chi connectivity index (χ2v) is 22.1. The van der Waals surface area contributed by atoms with Crippen LogP contribution in [0, 0.1) is 0 Å². The molecule has 0 aromatic carbocycles. The Morgan fingerprint density at radius 1 is 0.229 bits per heavy atom. The maximum absolute atomic E-state index is 12.9. The number of esters is 3. The number of hydrogen-bond donors (Lipinski definition) is 0. The van der Waals surface area contributed by atoms with Crippen LogP contribution in [-0.4, -0.2) is 37.2 Å². The standard InChI is InChI=1S/C64H124O6/c1-4-7-10-13-16-19-22-25-27-29-30-31-32-33-34-35-36-38-39-42-45-48-51-54-57-63(66)69-60-61(59-68-62(65)56-53-50-47-44-41-24-21-18-15-12-9-6-3)70-64(67)58-55-52-49-46-43-40-37-28-26-23-20-17-14-11-8-5-2/h61H,4-60H2,1-3H3. The Kier molecular flexibility index (Phi) is 58.6. The molecule has 0 heterocycles. The van der Waals surface area contributed by atoms with Gasteiger partial charge in [-0.3, -0.25) is 14.4 Å². The molecule has 0 rings (SSSR count). The van der Waals surface area contributed by atoms with E-state index >= 15 is 0 Å². The van der Waals surface area contributed by atoms with Crippen molar-refractivity contribution in [2.24, 2.45) is 0 Å². The predicted octanol–water partition coefficient (Wildman–Crippen LogP) is 21.5. The van der Waals surface area contributed by atoms with Crippen molar-refractivity contribution in [2.75, 3.05) is 13.2 Å². The van der Waals surface area contributed by atoms with Crippen LogP contribution in [0.25, 0.3) is 0 Å². The maximum Gasteiger partial charge on any atom is 0.306 e. The molecule has 0 radical (unpaired) electrons. The normalized spacial score (nSPS) is 11.9. The molecule has 0 amide bonds. The summed E-state index contributed by atoms with van der Waals surface area (Å²) in [6.45, 7) is 6.72. The first-order valence-corrected chi connectivity index (χ1v) is 32.0. The fourth-order valence-electron chi connectivity index (χ4n) is 10.0. The van der Waals surface area contributed by atoms with E-state index in [1.807, 2.05) is 0 Å². The van der Waals surface area contributed by atoms with E-state index in [1.165, 1.54) is 276 Å². The van der Waals surface area contributed by atoms with Crippen molar-refractivity contribution in [2.45, 2.75) is 380 Å². The van der Waals surface area contributed by atoms with Gasteiger partial charge in [-0.15, -0.1) is 0 Å². The predicted molar refractivity (Wildman–Crippen MR) is 303 cm³/mol. The summed E-state index contributed by atoms with van der Waals surface area (Å²) in [7, 11) is 0. The quantitative estimate of drug-likeness (QED) is 0.0343. The first-order valence-electron chi connectivity index (χ1n) is 32.0. The van der Waals surface area contributed by atoms with E-state index in [0.29, 0.717) is 19.3 Å². The lowest BCUT2D eigenvalue weighted by Gasteiger charge is -2.18. The minimum Gasteiger partial charge on any atom is -0.462 e. The monoisotopic (exact) mass is 989 g/mol. The van der Waals surface area contributed by atoms with Crippen molar-refractivity contribution in [3.05, 3.63) is 0 Å². The fraction of sp³-hybridized carbons (Fsp3) is 0.953. The molecular weight excluding hydrogens is 865 g/mol. The third kappa shape index (κ3) is 57.3. The average Bonchev–Trinajstić information content (AvgIpc) is 3.36. The molecule has 416 valence electrons. The minimum absolute atomic E-state index is 0.0607. The molecule has 0 N–H and O–H groups in total. The number of rotatable bonds is 60. The smallest absolute Gasteiger partial charge is 0.306 e. The highest BCUT2D eigenvalue weighted by molar-refractivity contribution is 5.71. The molecule has 6 nitrogen and oxygen atoms in total. The van der Waals surface area contributed by atoms with E-state index < -0.39 is 6.10 Å². The molecule has 1 unspecified atom stereocenters. The van der Waals surface area contributed by atoms with Crippen molar-refractivity contribution in [3.63, 3.8) is 0 Å². The van der Waals surface area contributed by atoms with Gasteiger partial charge in [0, 0.05) is 19.3 Å². The number of unbranched alkanes of at least 4 members (excludes halogenated alkanes) is 49. The van der Waals surface area contributed by atoms with E-state index in [0.717, 1.165) is 57.8 Å². The van der Waals surface area contributed by atoms with Crippen LogP contribution in [-0.2, 0) is 28.6 Å². The first-order chi connectivity index (χ1) is 34.5. The molecular formula is C64H124O6. The second-order valence-electron chi connectivity index (χ2n) is 22.1. The van der Waals surface area contributed by atoms with E-state index in [9.17, 15) is 14.4 Å². The molecule has 0 fully saturated rings. The Labute approximate surface area is 438 Å². The molecule has 0 aliphatic rings. The molecule has 0 aromatic heterocycles. The van der Waals surface area contributed by atoms with Gasteiger partial charge in [0.1, 0.15) is 13.2 Å². The summed E-state index contributed by atoms with van der Waals surface area (Å²) < 4.78 is 16.9. The Bertz CT molecular complexity index is 1040. The highest BCUT2D eigenvalue weighted by Crippen LogP contribution is 2.19. The van der Waals surface area contributed by atoms with Gasteiger partial charge in [0.25, 0.3) is 0 Å². The topological polar surface area (TPSA) is 78.9 Å². The molecule has 1 atom stereocenters. The van der Waals surface area contributed by atoms with E-state index in [1.54, 1.807) is 0 Å². The Balaban J connectivity index is 4.18. The van der Waals surface area contributed by atoms with Gasteiger partial charge in [-0.05, 0) is 19.3 Å². The van der Waals surface area contributed by atoms with Crippen LogP contribution < -0.4 is 0 Å². The number of carbonyl (C=O) groups is 3. The van der Waals surface area contributed by atoms with Crippen LogP contribution in [0.5, 0.6) is 0 Å². The summed E-state index contributed by atoms with van der Waals surface area (Å²) in [6, 6.07) is 0. The summed E-state index contributed by atoms with van der Waals surface area (Å²) >= 11 is 0. The lowest BCUT2D eigenvalue weighted by atomic mass is 10.0. The number of carbonyl (C=O) groups excluding carboxylic acids is 3. The number of hydrogen-bond acceptors (Lipinski definition) is 6. The number of ether oxygens (including phenoxy) is 3. The van der Waals surface area contributed by atoms with Gasteiger partial charge in [-0.1, -0.05) is 335 Å². The summed E-state index contributed by atoms with van der Waals surface area (Å²) in [4.78, 5) is 38.2.